The molecule has 1 atom stereocenters. The van der Waals surface area contributed by atoms with Crippen LogP contribution in [0, 0.1) is 5.92 Å². The largest absolute Gasteiger partial charge is 0.369 e. The number of hydrogen-bond acceptors (Lipinski definition) is 4. The van der Waals surface area contributed by atoms with Crippen molar-refractivity contribution in [3.05, 3.63) is 18.2 Å². The van der Waals surface area contributed by atoms with Crippen LogP contribution in [0.5, 0.6) is 0 Å². The molecule has 1 saturated carbocycles. The van der Waals surface area contributed by atoms with Gasteiger partial charge in [0, 0.05) is 12.3 Å². The maximum absolute atomic E-state index is 11.8. The SMILES string of the molecule is CC(CC1CC1)n1c(N)nc2c(S(C)(=O)=O)cccc21. The van der Waals surface area contributed by atoms with E-state index in [9.17, 15) is 8.42 Å². The number of rotatable bonds is 4. The van der Waals surface area contributed by atoms with E-state index in [1.165, 1.54) is 19.1 Å². The fourth-order valence-electron chi connectivity index (χ4n) is 2.81. The van der Waals surface area contributed by atoms with Crippen molar-refractivity contribution in [3.8, 4) is 0 Å². The average Bonchev–Trinajstić information content (AvgIpc) is 3.07. The second-order valence-corrected chi connectivity index (χ2v) is 7.75. The predicted octanol–water partition coefficient (Wildman–Crippen LogP) is 2.38. The third kappa shape index (κ3) is 2.28. The van der Waals surface area contributed by atoms with Gasteiger partial charge in [-0.25, -0.2) is 13.4 Å². The Morgan fingerprint density at radius 2 is 2.15 bits per heavy atom. The summed E-state index contributed by atoms with van der Waals surface area (Å²) < 4.78 is 25.6. The first-order valence-corrected chi connectivity index (χ1v) is 8.73. The van der Waals surface area contributed by atoms with E-state index in [2.05, 4.69) is 11.9 Å². The Morgan fingerprint density at radius 3 is 2.75 bits per heavy atom. The minimum absolute atomic E-state index is 0.238. The Bertz CT molecular complexity index is 760. The van der Waals surface area contributed by atoms with Crippen LogP contribution >= 0.6 is 0 Å². The number of hydrogen-bond donors (Lipinski definition) is 1. The van der Waals surface area contributed by atoms with Crippen molar-refractivity contribution in [3.63, 3.8) is 0 Å². The number of fused-ring (bicyclic) bond motifs is 1. The molecule has 0 bridgehead atoms. The molecule has 108 valence electrons. The van der Waals surface area contributed by atoms with Crippen molar-refractivity contribution in [1.29, 1.82) is 0 Å². The molecule has 1 aliphatic carbocycles. The molecule has 0 radical (unpaired) electrons. The monoisotopic (exact) mass is 293 g/mol. The molecular formula is C14H19N3O2S. The van der Waals surface area contributed by atoms with Gasteiger partial charge in [0.25, 0.3) is 0 Å². The maximum atomic E-state index is 11.8. The number of nitrogens with zero attached hydrogens (tertiary/aromatic N) is 2. The van der Waals surface area contributed by atoms with E-state index in [1.807, 2.05) is 10.6 Å². The number of aromatic nitrogens is 2. The third-order valence-corrected chi connectivity index (χ3v) is 5.05. The summed E-state index contributed by atoms with van der Waals surface area (Å²) in [6.45, 7) is 2.11. The summed E-state index contributed by atoms with van der Waals surface area (Å²) in [4.78, 5) is 4.54. The molecule has 1 aromatic carbocycles. The van der Waals surface area contributed by atoms with Crippen molar-refractivity contribution in [2.75, 3.05) is 12.0 Å². The summed E-state index contributed by atoms with van der Waals surface area (Å²) in [5.41, 5.74) is 7.31. The second-order valence-electron chi connectivity index (χ2n) is 5.76. The van der Waals surface area contributed by atoms with Crippen molar-refractivity contribution >= 4 is 26.8 Å². The van der Waals surface area contributed by atoms with Gasteiger partial charge in [0.2, 0.25) is 5.95 Å². The van der Waals surface area contributed by atoms with Crippen molar-refractivity contribution in [2.24, 2.45) is 5.92 Å². The van der Waals surface area contributed by atoms with Gasteiger partial charge in [-0.05, 0) is 31.4 Å². The van der Waals surface area contributed by atoms with Crippen LogP contribution in [0.2, 0.25) is 0 Å². The first-order chi connectivity index (χ1) is 9.38. The number of anilines is 1. The van der Waals surface area contributed by atoms with Gasteiger partial charge in [0.05, 0.1) is 10.4 Å². The second kappa shape index (κ2) is 4.48. The molecule has 1 fully saturated rings. The molecule has 1 unspecified atom stereocenters. The van der Waals surface area contributed by atoms with E-state index in [1.54, 1.807) is 12.1 Å². The van der Waals surface area contributed by atoms with E-state index in [0.29, 0.717) is 11.5 Å². The molecule has 5 nitrogen and oxygen atoms in total. The van der Waals surface area contributed by atoms with E-state index in [0.717, 1.165) is 17.9 Å². The van der Waals surface area contributed by atoms with Crippen molar-refractivity contribution in [2.45, 2.75) is 37.1 Å². The minimum atomic E-state index is -3.30. The number of nitrogen functional groups attached to an aromatic ring is 1. The fraction of sp³-hybridized carbons (Fsp3) is 0.500. The first-order valence-electron chi connectivity index (χ1n) is 6.84. The maximum Gasteiger partial charge on any atom is 0.201 e. The third-order valence-electron chi connectivity index (χ3n) is 3.92. The number of nitrogens with two attached hydrogens (primary N) is 1. The molecular weight excluding hydrogens is 274 g/mol. The van der Waals surface area contributed by atoms with Crippen LogP contribution in [0.4, 0.5) is 5.95 Å². The Labute approximate surface area is 118 Å². The highest BCUT2D eigenvalue weighted by atomic mass is 32.2. The summed E-state index contributed by atoms with van der Waals surface area (Å²) in [6, 6.07) is 5.46. The highest BCUT2D eigenvalue weighted by molar-refractivity contribution is 7.91. The van der Waals surface area contributed by atoms with Crippen LogP contribution < -0.4 is 5.73 Å². The highest BCUT2D eigenvalue weighted by Gasteiger charge is 2.26. The molecule has 0 saturated heterocycles. The lowest BCUT2D eigenvalue weighted by Crippen LogP contribution is -2.09. The fourth-order valence-corrected chi connectivity index (χ4v) is 3.64. The molecule has 20 heavy (non-hydrogen) atoms. The molecule has 1 aliphatic rings. The van der Waals surface area contributed by atoms with Gasteiger partial charge < -0.3 is 10.3 Å². The predicted molar refractivity (Wildman–Crippen MR) is 79.3 cm³/mol. The van der Waals surface area contributed by atoms with E-state index < -0.39 is 9.84 Å². The Balaban J connectivity index is 2.16. The zero-order valence-corrected chi connectivity index (χ0v) is 12.5. The van der Waals surface area contributed by atoms with Crippen LogP contribution in [-0.4, -0.2) is 24.2 Å². The Hall–Kier alpha value is -1.56. The highest BCUT2D eigenvalue weighted by Crippen LogP contribution is 2.38. The molecule has 0 amide bonds. The summed E-state index contributed by atoms with van der Waals surface area (Å²) in [7, 11) is -3.30. The average molecular weight is 293 g/mol. The van der Waals surface area contributed by atoms with Gasteiger partial charge in [-0.3, -0.25) is 0 Å². The van der Waals surface area contributed by atoms with Crippen LogP contribution in [0.25, 0.3) is 11.0 Å². The molecule has 3 rings (SSSR count). The van der Waals surface area contributed by atoms with E-state index in [4.69, 9.17) is 5.73 Å². The van der Waals surface area contributed by atoms with E-state index in [-0.39, 0.29) is 10.9 Å². The number of imidazole rings is 1. The normalized spacial score (nSPS) is 17.5. The Morgan fingerprint density at radius 1 is 1.45 bits per heavy atom. The summed E-state index contributed by atoms with van der Waals surface area (Å²) >= 11 is 0. The molecule has 1 heterocycles. The summed E-state index contributed by atoms with van der Waals surface area (Å²) in [6.07, 6.45) is 4.83. The van der Waals surface area contributed by atoms with Crippen LogP contribution in [0.3, 0.4) is 0 Å². The lowest BCUT2D eigenvalue weighted by atomic mass is 10.1. The standard InChI is InChI=1S/C14H19N3O2S/c1-9(8-10-6-7-10)17-11-4-3-5-12(20(2,18)19)13(11)16-14(17)15/h3-5,9-10H,6-8H2,1-2H3,(H2,15,16). The lowest BCUT2D eigenvalue weighted by Gasteiger charge is -2.15. The zero-order valence-electron chi connectivity index (χ0n) is 11.7. The summed E-state index contributed by atoms with van der Waals surface area (Å²) in [5, 5.41) is 0. The molecule has 0 spiro atoms. The number of para-hydroxylation sites is 1. The van der Waals surface area contributed by atoms with Gasteiger partial charge >= 0.3 is 0 Å². The summed E-state index contributed by atoms with van der Waals surface area (Å²) in [5.74, 6) is 1.17. The molecule has 1 aromatic heterocycles. The molecule has 6 heteroatoms. The quantitative estimate of drug-likeness (QED) is 0.938. The van der Waals surface area contributed by atoms with Gasteiger partial charge in [-0.1, -0.05) is 18.9 Å². The number of benzene rings is 1. The zero-order chi connectivity index (χ0) is 14.5. The van der Waals surface area contributed by atoms with Gasteiger partial charge in [-0.2, -0.15) is 0 Å². The molecule has 2 N–H and O–H groups in total. The topological polar surface area (TPSA) is 78.0 Å². The Kier molecular flexibility index (Phi) is 3.01. The van der Waals surface area contributed by atoms with Gasteiger partial charge in [0.15, 0.2) is 9.84 Å². The van der Waals surface area contributed by atoms with Crippen molar-refractivity contribution < 1.29 is 8.42 Å². The van der Waals surface area contributed by atoms with Gasteiger partial charge in [0.1, 0.15) is 5.52 Å². The minimum Gasteiger partial charge on any atom is -0.369 e. The smallest absolute Gasteiger partial charge is 0.201 e. The van der Waals surface area contributed by atoms with Crippen LogP contribution in [0.15, 0.2) is 23.1 Å². The van der Waals surface area contributed by atoms with Crippen molar-refractivity contribution in [1.82, 2.24) is 9.55 Å². The van der Waals surface area contributed by atoms with Crippen LogP contribution in [0.1, 0.15) is 32.2 Å². The molecule has 0 aliphatic heterocycles. The number of sulfone groups is 1. The van der Waals surface area contributed by atoms with Gasteiger partial charge in [-0.15, -0.1) is 0 Å². The molecule has 2 aromatic rings. The van der Waals surface area contributed by atoms with E-state index >= 15 is 0 Å². The first kappa shape index (κ1) is 13.4. The lowest BCUT2D eigenvalue weighted by molar-refractivity contribution is 0.492. The van der Waals surface area contributed by atoms with Crippen LogP contribution in [-0.2, 0) is 9.84 Å².